The Labute approximate surface area is 161 Å². The molecule has 1 saturated carbocycles. The highest BCUT2D eigenvalue weighted by atomic mass is 19.1. The van der Waals surface area contributed by atoms with Crippen molar-refractivity contribution in [2.45, 2.75) is 25.9 Å². The van der Waals surface area contributed by atoms with Crippen LogP contribution in [0.25, 0.3) is 0 Å². The van der Waals surface area contributed by atoms with E-state index in [1.165, 1.54) is 31.2 Å². The van der Waals surface area contributed by atoms with Crippen molar-refractivity contribution in [3.05, 3.63) is 77.1 Å². The molecule has 0 aliphatic heterocycles. The van der Waals surface area contributed by atoms with E-state index in [1.807, 2.05) is 0 Å². The summed E-state index contributed by atoms with van der Waals surface area (Å²) in [6, 6.07) is 9.62. The molecule has 3 aromatic rings. The molecule has 0 saturated heterocycles. The van der Waals surface area contributed by atoms with Crippen LogP contribution in [0.5, 0.6) is 5.88 Å². The van der Waals surface area contributed by atoms with Crippen molar-refractivity contribution < 1.29 is 18.4 Å². The molecule has 1 aromatic carbocycles. The summed E-state index contributed by atoms with van der Waals surface area (Å²) in [5, 5.41) is 6.93. The number of hydrogen-bond donors (Lipinski definition) is 1. The highest BCUT2D eigenvalue weighted by Gasteiger charge is 2.23. The summed E-state index contributed by atoms with van der Waals surface area (Å²) in [5.74, 6) is 0.391. The molecular formula is C21H20FN3O3. The molecule has 0 unspecified atom stereocenters. The Morgan fingerprint density at radius 2 is 2.07 bits per heavy atom. The lowest BCUT2D eigenvalue weighted by Gasteiger charge is -2.10. The van der Waals surface area contributed by atoms with Crippen molar-refractivity contribution >= 4 is 5.91 Å². The molecule has 0 spiro atoms. The summed E-state index contributed by atoms with van der Waals surface area (Å²) in [6.07, 6.45) is 5.92. The summed E-state index contributed by atoms with van der Waals surface area (Å²) in [6.45, 7) is 0.848. The number of nitrogens with one attached hydrogen (secondary N) is 1. The van der Waals surface area contributed by atoms with Gasteiger partial charge in [-0.15, -0.1) is 0 Å². The van der Waals surface area contributed by atoms with Gasteiger partial charge in [0.1, 0.15) is 24.3 Å². The zero-order chi connectivity index (χ0) is 19.3. The topological polar surface area (TPSA) is 77.2 Å². The largest absolute Gasteiger partial charge is 0.472 e. The summed E-state index contributed by atoms with van der Waals surface area (Å²) in [4.78, 5) is 16.6. The average molecular weight is 381 g/mol. The highest BCUT2D eigenvalue weighted by molar-refractivity contribution is 5.96. The van der Waals surface area contributed by atoms with E-state index < -0.39 is 0 Å². The third kappa shape index (κ3) is 4.54. The van der Waals surface area contributed by atoms with Crippen molar-refractivity contribution in [2.75, 3.05) is 6.54 Å². The molecule has 1 N–H and O–H groups in total. The quantitative estimate of drug-likeness (QED) is 0.646. The summed E-state index contributed by atoms with van der Waals surface area (Å²) in [7, 11) is 0. The van der Waals surface area contributed by atoms with E-state index >= 15 is 0 Å². The van der Waals surface area contributed by atoms with E-state index in [4.69, 9.17) is 9.26 Å². The Bertz CT molecular complexity index is 952. The van der Waals surface area contributed by atoms with Gasteiger partial charge < -0.3 is 14.6 Å². The lowest BCUT2D eigenvalue weighted by atomic mass is 10.1. The van der Waals surface area contributed by atoms with Crippen LogP contribution < -0.4 is 10.1 Å². The number of nitrogens with zero attached hydrogens (tertiary/aromatic N) is 2. The third-order valence-electron chi connectivity index (χ3n) is 4.64. The van der Waals surface area contributed by atoms with Crippen LogP contribution in [0.2, 0.25) is 0 Å². The van der Waals surface area contributed by atoms with Gasteiger partial charge >= 0.3 is 0 Å². The minimum atomic E-state index is -0.282. The maximum absolute atomic E-state index is 13.1. The molecule has 1 aliphatic carbocycles. The molecule has 2 aromatic heterocycles. The Morgan fingerprint density at radius 3 is 2.86 bits per heavy atom. The second kappa shape index (κ2) is 8.21. The first-order valence-electron chi connectivity index (χ1n) is 9.21. The first kappa shape index (κ1) is 18.2. The normalized spacial score (nSPS) is 13.3. The SMILES string of the molecule is O=C(NCC1CC1)c1cccnc1OCc1conc1Cc1ccc(F)cc1. The number of benzene rings is 1. The van der Waals surface area contributed by atoms with E-state index in [2.05, 4.69) is 15.5 Å². The molecule has 1 amide bonds. The lowest BCUT2D eigenvalue weighted by Crippen LogP contribution is -2.26. The van der Waals surface area contributed by atoms with Crippen LogP contribution in [0, 0.1) is 11.7 Å². The minimum absolute atomic E-state index is 0.167. The first-order chi connectivity index (χ1) is 13.7. The lowest BCUT2D eigenvalue weighted by molar-refractivity contribution is 0.0946. The molecule has 4 rings (SSSR count). The molecule has 0 atom stereocenters. The molecule has 2 heterocycles. The van der Waals surface area contributed by atoms with Gasteiger partial charge in [-0.25, -0.2) is 9.37 Å². The van der Waals surface area contributed by atoms with E-state index in [1.54, 1.807) is 30.5 Å². The Kier molecular flexibility index (Phi) is 5.32. The van der Waals surface area contributed by atoms with Gasteiger partial charge in [-0.2, -0.15) is 0 Å². The molecule has 1 aliphatic rings. The summed E-state index contributed by atoms with van der Waals surface area (Å²) < 4.78 is 23.9. The van der Waals surface area contributed by atoms with Crippen molar-refractivity contribution in [3.8, 4) is 5.88 Å². The first-order valence-corrected chi connectivity index (χ1v) is 9.21. The fourth-order valence-electron chi connectivity index (χ4n) is 2.82. The number of halogens is 1. The second-order valence-electron chi connectivity index (χ2n) is 6.89. The number of hydrogen-bond acceptors (Lipinski definition) is 5. The average Bonchev–Trinajstić information content (AvgIpc) is 3.45. The number of ether oxygens (including phenoxy) is 1. The molecule has 0 bridgehead atoms. The molecule has 1 fully saturated rings. The Balaban J connectivity index is 1.41. The zero-order valence-corrected chi connectivity index (χ0v) is 15.2. The molecule has 28 heavy (non-hydrogen) atoms. The fraction of sp³-hybridized carbons (Fsp3) is 0.286. The number of carbonyl (C=O) groups is 1. The van der Waals surface area contributed by atoms with E-state index in [-0.39, 0.29) is 24.2 Å². The van der Waals surface area contributed by atoms with Gasteiger partial charge in [0, 0.05) is 19.2 Å². The predicted molar refractivity (Wildman–Crippen MR) is 99.3 cm³/mol. The Morgan fingerprint density at radius 1 is 1.25 bits per heavy atom. The number of rotatable bonds is 8. The maximum Gasteiger partial charge on any atom is 0.256 e. The Hall–Kier alpha value is -3.22. The van der Waals surface area contributed by atoms with Crippen LogP contribution >= 0.6 is 0 Å². The second-order valence-corrected chi connectivity index (χ2v) is 6.89. The van der Waals surface area contributed by atoms with Crippen molar-refractivity contribution in [1.82, 2.24) is 15.5 Å². The predicted octanol–water partition coefficient (Wildman–Crippen LogP) is 3.52. The van der Waals surface area contributed by atoms with Crippen molar-refractivity contribution in [3.63, 3.8) is 0 Å². The number of aromatic nitrogens is 2. The molecule has 0 radical (unpaired) electrons. The van der Waals surface area contributed by atoms with Crippen molar-refractivity contribution in [1.29, 1.82) is 0 Å². The van der Waals surface area contributed by atoms with Gasteiger partial charge in [0.15, 0.2) is 0 Å². The summed E-state index contributed by atoms with van der Waals surface area (Å²) >= 11 is 0. The third-order valence-corrected chi connectivity index (χ3v) is 4.64. The monoisotopic (exact) mass is 381 g/mol. The molecule has 144 valence electrons. The van der Waals surface area contributed by atoms with Crippen LogP contribution in [0.1, 0.15) is 40.0 Å². The number of amides is 1. The highest BCUT2D eigenvalue weighted by Crippen LogP contribution is 2.28. The fourth-order valence-corrected chi connectivity index (χ4v) is 2.82. The van der Waals surface area contributed by atoms with Gasteiger partial charge in [-0.1, -0.05) is 17.3 Å². The van der Waals surface area contributed by atoms with E-state index in [9.17, 15) is 9.18 Å². The van der Waals surface area contributed by atoms with Crippen molar-refractivity contribution in [2.24, 2.45) is 5.92 Å². The van der Waals surface area contributed by atoms with Crippen LogP contribution in [-0.2, 0) is 13.0 Å². The van der Waals surface area contributed by atoms with E-state index in [0.29, 0.717) is 30.1 Å². The van der Waals surface area contributed by atoms with Gasteiger partial charge in [0.25, 0.3) is 5.91 Å². The number of carbonyl (C=O) groups excluding carboxylic acids is 1. The van der Waals surface area contributed by atoms with E-state index in [0.717, 1.165) is 11.1 Å². The van der Waals surface area contributed by atoms with Crippen LogP contribution in [-0.4, -0.2) is 22.6 Å². The molecular weight excluding hydrogens is 361 g/mol. The molecule has 7 heteroatoms. The zero-order valence-electron chi connectivity index (χ0n) is 15.2. The van der Waals surface area contributed by atoms with Gasteiger partial charge in [-0.05, 0) is 48.6 Å². The molecule has 6 nitrogen and oxygen atoms in total. The van der Waals surface area contributed by atoms with Gasteiger partial charge in [0.2, 0.25) is 5.88 Å². The van der Waals surface area contributed by atoms with Crippen LogP contribution in [0.3, 0.4) is 0 Å². The maximum atomic E-state index is 13.1. The number of pyridine rings is 1. The van der Waals surface area contributed by atoms with Gasteiger partial charge in [-0.3, -0.25) is 4.79 Å². The van der Waals surface area contributed by atoms with Crippen LogP contribution in [0.15, 0.2) is 53.4 Å². The van der Waals surface area contributed by atoms with Gasteiger partial charge in [0.05, 0.1) is 11.3 Å². The van der Waals surface area contributed by atoms with Crippen LogP contribution in [0.4, 0.5) is 4.39 Å². The summed E-state index contributed by atoms with van der Waals surface area (Å²) in [5.41, 5.74) is 2.76. The smallest absolute Gasteiger partial charge is 0.256 e. The minimum Gasteiger partial charge on any atom is -0.472 e. The standard InChI is InChI=1S/C21H20FN3O3/c22-17-7-5-14(6-8-17)10-19-16(13-28-25-19)12-27-21-18(2-1-9-23-21)20(26)24-11-15-3-4-15/h1-2,5-9,13,15H,3-4,10-12H2,(H,24,26).